The highest BCUT2D eigenvalue weighted by Crippen LogP contribution is 2.16. The molecular weight excluding hydrogens is 991 g/mol. The van der Waals surface area contributed by atoms with Gasteiger partial charge in [0, 0.05) is 93.3 Å². The molecule has 0 aliphatic rings. The van der Waals surface area contributed by atoms with Crippen molar-refractivity contribution >= 4 is 58.2 Å². The third-order valence-corrected chi connectivity index (χ3v) is 12.1. The lowest BCUT2D eigenvalue weighted by Crippen LogP contribution is -2.59. The van der Waals surface area contributed by atoms with Crippen LogP contribution in [0.5, 0.6) is 17.2 Å². The zero-order chi connectivity index (χ0) is 54.7. The summed E-state index contributed by atoms with van der Waals surface area (Å²) in [5, 5.41) is 19.7. The number of amides is 7. The number of carbonyl (C=O) groups excluding carboxylic acids is 8. The van der Waals surface area contributed by atoms with E-state index in [0.717, 1.165) is 11.8 Å². The Labute approximate surface area is 443 Å². The fourth-order valence-corrected chi connectivity index (χ4v) is 7.47. The molecule has 0 aliphatic heterocycles. The molecule has 0 aromatic heterocycles. The summed E-state index contributed by atoms with van der Waals surface area (Å²) in [6.45, 7) is 4.68. The van der Waals surface area contributed by atoms with Crippen molar-refractivity contribution in [1.82, 2.24) is 37.2 Å². The van der Waals surface area contributed by atoms with Crippen molar-refractivity contribution in [3.05, 3.63) is 89.5 Å². The monoisotopic (exact) mass is 1070 g/mol. The van der Waals surface area contributed by atoms with Gasteiger partial charge in [0.25, 0.3) is 17.7 Å². The van der Waals surface area contributed by atoms with Crippen LogP contribution in [0.15, 0.2) is 72.8 Å². The predicted octanol–water partition coefficient (Wildman–Crippen LogP) is 3.20. The molecule has 22 heteroatoms. The standard InChI is InChI=1S/C53H75N7O14S/c1-38(2)52(68)75-34-24-48(64)60-53(35-72-31-21-45(61)54-25-6-28-57-49(65)39-9-15-42(69-3)16-10-39,36-73-32-22-46(62)55-26-7-29-58-50(66)40-11-17-43(70-4)18-12-40)37-74-33-23-47(63)56-27-8-30-59-51(67)41-13-19-44(71-5)20-14-41/h9-20,38H,6-8,21-37H2,1-5H3,(H,54,61)(H,55,62)(H,56,63)(H,57,65)(H,58,66)(H,59,67)(H,60,64). The molecule has 0 aliphatic carbocycles. The molecule has 0 saturated carbocycles. The molecule has 3 aromatic carbocycles. The molecule has 0 atom stereocenters. The summed E-state index contributed by atoms with van der Waals surface area (Å²) in [4.78, 5) is 102. The molecule has 0 spiro atoms. The first-order chi connectivity index (χ1) is 36.2. The van der Waals surface area contributed by atoms with Crippen molar-refractivity contribution in [2.45, 2.75) is 64.3 Å². The second-order valence-corrected chi connectivity index (χ2v) is 18.5. The van der Waals surface area contributed by atoms with Crippen molar-refractivity contribution < 1.29 is 66.8 Å². The van der Waals surface area contributed by atoms with Gasteiger partial charge in [0.1, 0.15) is 22.8 Å². The van der Waals surface area contributed by atoms with Crippen molar-refractivity contribution in [3.8, 4) is 17.2 Å². The van der Waals surface area contributed by atoms with Gasteiger partial charge >= 0.3 is 0 Å². The molecule has 21 nitrogen and oxygen atoms in total. The summed E-state index contributed by atoms with van der Waals surface area (Å²) in [5.74, 6) is -0.209. The zero-order valence-corrected chi connectivity index (χ0v) is 44.6. The maximum atomic E-state index is 13.5. The summed E-state index contributed by atoms with van der Waals surface area (Å²) in [7, 11) is 4.62. The zero-order valence-electron chi connectivity index (χ0n) is 43.8. The van der Waals surface area contributed by atoms with E-state index < -0.39 is 11.4 Å². The molecule has 0 fully saturated rings. The highest BCUT2D eigenvalue weighted by atomic mass is 32.2. The molecule has 0 saturated heterocycles. The molecular formula is C53H75N7O14S. The van der Waals surface area contributed by atoms with E-state index in [1.807, 2.05) is 0 Å². The Hall–Kier alpha value is -6.75. The Bertz CT molecular complexity index is 2020. The van der Waals surface area contributed by atoms with E-state index in [0.29, 0.717) is 92.5 Å². The Morgan fingerprint density at radius 3 is 1.04 bits per heavy atom. The summed E-state index contributed by atoms with van der Waals surface area (Å²) < 4.78 is 33.4. The molecule has 0 radical (unpaired) electrons. The summed E-state index contributed by atoms with van der Waals surface area (Å²) in [6.07, 6.45) is 1.30. The van der Waals surface area contributed by atoms with Crippen LogP contribution in [0.1, 0.15) is 89.9 Å². The van der Waals surface area contributed by atoms with Crippen LogP contribution in [0.2, 0.25) is 0 Å². The topological polar surface area (TPSA) is 276 Å². The van der Waals surface area contributed by atoms with Crippen LogP contribution in [0.4, 0.5) is 0 Å². The lowest BCUT2D eigenvalue weighted by molar-refractivity contribution is -0.130. The van der Waals surface area contributed by atoms with Crippen molar-refractivity contribution in [2.75, 3.05) is 106 Å². The maximum absolute atomic E-state index is 13.5. The normalized spacial score (nSPS) is 11.0. The van der Waals surface area contributed by atoms with Crippen LogP contribution in [0.25, 0.3) is 0 Å². The minimum atomic E-state index is -1.36. The third-order valence-electron chi connectivity index (χ3n) is 10.9. The maximum Gasteiger partial charge on any atom is 0.251 e. The van der Waals surface area contributed by atoms with E-state index >= 15 is 0 Å². The number of hydrogen-bond acceptors (Lipinski definition) is 15. The van der Waals surface area contributed by atoms with Gasteiger partial charge in [0.05, 0.1) is 61.0 Å². The fourth-order valence-electron chi connectivity index (χ4n) is 6.65. The number of benzene rings is 3. The quantitative estimate of drug-likeness (QED) is 0.0406. The number of ether oxygens (including phenoxy) is 6. The Kier molecular flexibility index (Phi) is 30.2. The van der Waals surface area contributed by atoms with Gasteiger partial charge in [-0.25, -0.2) is 0 Å². The van der Waals surface area contributed by atoms with E-state index in [-0.39, 0.29) is 118 Å². The van der Waals surface area contributed by atoms with E-state index in [9.17, 15) is 38.4 Å². The molecule has 75 heavy (non-hydrogen) atoms. The highest BCUT2D eigenvalue weighted by molar-refractivity contribution is 8.13. The van der Waals surface area contributed by atoms with Gasteiger partial charge in [0.2, 0.25) is 23.6 Å². The minimum Gasteiger partial charge on any atom is -0.497 e. The second kappa shape index (κ2) is 36.2. The molecule has 7 amide bonds. The number of thioether (sulfide) groups is 1. The Morgan fingerprint density at radius 2 is 0.747 bits per heavy atom. The van der Waals surface area contributed by atoms with E-state index in [1.54, 1.807) is 108 Å². The number of rotatable bonds is 38. The average molecular weight is 1070 g/mol. The van der Waals surface area contributed by atoms with Crippen LogP contribution in [0, 0.1) is 5.92 Å². The third kappa shape index (κ3) is 26.3. The van der Waals surface area contributed by atoms with Gasteiger partial charge in [0.15, 0.2) is 5.12 Å². The van der Waals surface area contributed by atoms with Crippen LogP contribution in [0.3, 0.4) is 0 Å². The largest absolute Gasteiger partial charge is 0.497 e. The first kappa shape index (κ1) is 62.5. The first-order valence-electron chi connectivity index (χ1n) is 24.9. The van der Waals surface area contributed by atoms with Gasteiger partial charge < -0.3 is 65.6 Å². The molecule has 7 N–H and O–H groups in total. The van der Waals surface area contributed by atoms with Crippen LogP contribution in [-0.2, 0) is 38.2 Å². The summed E-state index contributed by atoms with van der Waals surface area (Å²) in [5.41, 5.74) is 0.0714. The molecule has 3 rings (SSSR count). The van der Waals surface area contributed by atoms with Crippen LogP contribution >= 0.6 is 11.8 Å². The lowest BCUT2D eigenvalue weighted by Gasteiger charge is -2.34. The van der Waals surface area contributed by atoms with E-state index in [1.165, 1.54) is 0 Å². The Morgan fingerprint density at radius 1 is 0.440 bits per heavy atom. The SMILES string of the molecule is COc1ccc(C(=O)NCCCNC(=O)CCOCC(COCCC(=O)NCCCNC(=O)c2ccc(OC)cc2)(COCCC(=O)NCCCNC(=O)c2ccc(OC)cc2)NC(=O)CCSC(=O)C(C)C)cc1. The van der Waals surface area contributed by atoms with E-state index in [2.05, 4.69) is 37.2 Å². The number of hydrogen-bond donors (Lipinski definition) is 7. The van der Waals surface area contributed by atoms with Crippen molar-refractivity contribution in [1.29, 1.82) is 0 Å². The van der Waals surface area contributed by atoms with Gasteiger partial charge in [-0.3, -0.25) is 38.4 Å². The number of methoxy groups -OCH3 is 3. The summed E-state index contributed by atoms with van der Waals surface area (Å²) in [6, 6.07) is 20.1. The number of nitrogens with one attached hydrogen (secondary N) is 7. The van der Waals surface area contributed by atoms with Crippen molar-refractivity contribution in [3.63, 3.8) is 0 Å². The van der Waals surface area contributed by atoms with Crippen molar-refractivity contribution in [2.24, 2.45) is 5.92 Å². The fraction of sp³-hybridized carbons (Fsp3) is 0.509. The summed E-state index contributed by atoms with van der Waals surface area (Å²) >= 11 is 1.04. The van der Waals surface area contributed by atoms with Gasteiger partial charge in [-0.05, 0) is 92.1 Å². The van der Waals surface area contributed by atoms with Gasteiger partial charge in [-0.15, -0.1) is 0 Å². The molecule has 0 unspecified atom stereocenters. The molecule has 0 heterocycles. The average Bonchev–Trinajstić information content (AvgIpc) is 3.41. The minimum absolute atomic E-state index is 0.0280. The highest BCUT2D eigenvalue weighted by Gasteiger charge is 2.34. The smallest absolute Gasteiger partial charge is 0.251 e. The predicted molar refractivity (Wildman–Crippen MR) is 283 cm³/mol. The van der Waals surface area contributed by atoms with Gasteiger partial charge in [-0.1, -0.05) is 25.6 Å². The van der Waals surface area contributed by atoms with Gasteiger partial charge in [-0.2, -0.15) is 0 Å². The van der Waals surface area contributed by atoms with Crippen LogP contribution in [-0.4, -0.2) is 158 Å². The van der Waals surface area contributed by atoms with Crippen LogP contribution < -0.4 is 51.4 Å². The molecule has 3 aromatic rings. The Balaban J connectivity index is 1.55. The molecule has 0 bridgehead atoms. The molecule has 412 valence electrons. The first-order valence-corrected chi connectivity index (χ1v) is 25.9. The van der Waals surface area contributed by atoms with E-state index in [4.69, 9.17) is 28.4 Å². The lowest BCUT2D eigenvalue weighted by atomic mass is 10.0. The number of carbonyl (C=O) groups is 8. The second-order valence-electron chi connectivity index (χ2n) is 17.4.